The quantitative estimate of drug-likeness (QED) is 0.738. The minimum absolute atomic E-state index is 0.483. The molecule has 7 nitrogen and oxygen atoms in total. The molecule has 1 saturated heterocycles. The van der Waals surface area contributed by atoms with Gasteiger partial charge < -0.3 is 18.6 Å². The van der Waals surface area contributed by atoms with E-state index in [0.29, 0.717) is 24.9 Å². The Morgan fingerprint density at radius 2 is 2.09 bits per heavy atom. The fourth-order valence-corrected chi connectivity index (χ4v) is 3.12. The third-order valence-corrected chi connectivity index (χ3v) is 4.49. The molecule has 1 aliphatic heterocycles. The van der Waals surface area contributed by atoms with Crippen LogP contribution in [0.1, 0.15) is 18.7 Å². The van der Waals surface area contributed by atoms with Crippen molar-refractivity contribution in [1.29, 1.82) is 0 Å². The van der Waals surface area contributed by atoms with Crippen molar-refractivity contribution in [3.63, 3.8) is 0 Å². The topological polar surface area (TPSA) is 75.2 Å². The lowest BCUT2D eigenvalue weighted by Gasteiger charge is -2.32. The Bertz CT molecular complexity index is 833. The van der Waals surface area contributed by atoms with Crippen molar-refractivity contribution >= 4 is 11.0 Å². The second-order valence-corrected chi connectivity index (χ2v) is 5.76. The number of imidazole rings is 1. The van der Waals surface area contributed by atoms with Gasteiger partial charge in [0.2, 0.25) is 5.82 Å². The summed E-state index contributed by atoms with van der Waals surface area (Å²) in [6, 6.07) is 5.87. The highest BCUT2D eigenvalue weighted by atomic mass is 16.5. The van der Waals surface area contributed by atoms with Crippen molar-refractivity contribution in [2.75, 3.05) is 20.3 Å². The predicted molar refractivity (Wildman–Crippen MR) is 82.7 cm³/mol. The summed E-state index contributed by atoms with van der Waals surface area (Å²) in [5.74, 6) is 1.06. The molecule has 7 heteroatoms. The highest BCUT2D eigenvalue weighted by Gasteiger charge is 2.39. The molecule has 3 heterocycles. The zero-order chi connectivity index (χ0) is 15.9. The summed E-state index contributed by atoms with van der Waals surface area (Å²) >= 11 is 0. The van der Waals surface area contributed by atoms with Gasteiger partial charge >= 0.3 is 0 Å². The molecule has 0 saturated carbocycles. The van der Waals surface area contributed by atoms with Gasteiger partial charge in [-0.1, -0.05) is 11.2 Å². The predicted octanol–water partition coefficient (Wildman–Crippen LogP) is 2.28. The highest BCUT2D eigenvalue weighted by Crippen LogP contribution is 2.35. The fourth-order valence-electron chi connectivity index (χ4n) is 3.12. The number of rotatable bonds is 3. The molecule has 1 fully saturated rings. The average Bonchev–Trinajstić information content (AvgIpc) is 3.23. The second-order valence-electron chi connectivity index (χ2n) is 5.76. The van der Waals surface area contributed by atoms with E-state index in [1.54, 1.807) is 13.4 Å². The summed E-state index contributed by atoms with van der Waals surface area (Å²) < 4.78 is 18.6. The van der Waals surface area contributed by atoms with Gasteiger partial charge in [0.1, 0.15) is 5.60 Å². The minimum Gasteiger partial charge on any atom is -0.381 e. The van der Waals surface area contributed by atoms with Crippen LogP contribution >= 0.6 is 0 Å². The number of ether oxygens (including phenoxy) is 2. The van der Waals surface area contributed by atoms with E-state index in [9.17, 15) is 0 Å². The van der Waals surface area contributed by atoms with E-state index in [2.05, 4.69) is 15.1 Å². The van der Waals surface area contributed by atoms with Gasteiger partial charge in [0.25, 0.3) is 5.89 Å². The number of para-hydroxylation sites is 1. The number of hydrogen-bond donors (Lipinski definition) is 0. The van der Waals surface area contributed by atoms with Crippen LogP contribution in [0.3, 0.4) is 0 Å². The molecule has 0 aliphatic carbocycles. The Labute approximate surface area is 133 Å². The molecule has 1 aliphatic rings. The molecule has 0 atom stereocenters. The first-order valence-electron chi connectivity index (χ1n) is 7.61. The molecular formula is C16H18N4O3. The molecular weight excluding hydrogens is 296 g/mol. The van der Waals surface area contributed by atoms with Gasteiger partial charge in [-0.15, -0.1) is 0 Å². The lowest BCUT2D eigenvalue weighted by Crippen LogP contribution is -2.36. The summed E-state index contributed by atoms with van der Waals surface area (Å²) in [6.07, 6.45) is 3.22. The molecule has 4 rings (SSSR count). The number of benzene rings is 1. The lowest BCUT2D eigenvalue weighted by molar-refractivity contribution is -0.101. The van der Waals surface area contributed by atoms with E-state index in [-0.39, 0.29) is 0 Å². The Morgan fingerprint density at radius 1 is 1.26 bits per heavy atom. The van der Waals surface area contributed by atoms with E-state index >= 15 is 0 Å². The SMILES string of the molecule is COC1(c2noc(-c3cccc4ncn(C)c34)n2)CCOCC1. The van der Waals surface area contributed by atoms with Gasteiger partial charge in [-0.05, 0) is 12.1 Å². The van der Waals surface area contributed by atoms with Crippen LogP contribution in [-0.2, 0) is 22.1 Å². The summed E-state index contributed by atoms with van der Waals surface area (Å²) in [4.78, 5) is 8.98. The van der Waals surface area contributed by atoms with Gasteiger partial charge in [0.15, 0.2) is 0 Å². The van der Waals surface area contributed by atoms with Crippen LogP contribution in [0.25, 0.3) is 22.5 Å². The number of methoxy groups -OCH3 is 1. The zero-order valence-corrected chi connectivity index (χ0v) is 13.2. The molecule has 0 amide bonds. The van der Waals surface area contributed by atoms with Gasteiger partial charge in [-0.3, -0.25) is 0 Å². The van der Waals surface area contributed by atoms with Crippen LogP contribution in [0.15, 0.2) is 29.0 Å². The number of aromatic nitrogens is 4. The standard InChI is InChI=1S/C16H18N4O3/c1-20-10-17-12-5-3-4-11(13(12)20)14-18-15(19-23-14)16(21-2)6-8-22-9-7-16/h3-5,10H,6-9H2,1-2H3. The van der Waals surface area contributed by atoms with E-state index < -0.39 is 5.60 Å². The van der Waals surface area contributed by atoms with Crippen molar-refractivity contribution in [1.82, 2.24) is 19.7 Å². The highest BCUT2D eigenvalue weighted by molar-refractivity contribution is 5.89. The largest absolute Gasteiger partial charge is 0.381 e. The Balaban J connectivity index is 1.79. The molecule has 23 heavy (non-hydrogen) atoms. The maximum absolute atomic E-state index is 5.73. The molecule has 1 aromatic carbocycles. The third kappa shape index (κ3) is 2.24. The molecule has 0 unspecified atom stereocenters. The Morgan fingerprint density at radius 3 is 2.87 bits per heavy atom. The molecule has 0 radical (unpaired) electrons. The van der Waals surface area contributed by atoms with Crippen LogP contribution < -0.4 is 0 Å². The summed E-state index contributed by atoms with van der Waals surface area (Å²) in [5, 5.41) is 4.18. The first-order valence-corrected chi connectivity index (χ1v) is 7.61. The van der Waals surface area contributed by atoms with Crippen molar-refractivity contribution in [2.45, 2.75) is 18.4 Å². The van der Waals surface area contributed by atoms with Gasteiger partial charge in [-0.25, -0.2) is 4.98 Å². The fraction of sp³-hybridized carbons (Fsp3) is 0.438. The Kier molecular flexibility index (Phi) is 3.39. The van der Waals surface area contributed by atoms with Crippen LogP contribution in [-0.4, -0.2) is 40.0 Å². The molecule has 2 aromatic heterocycles. The van der Waals surface area contributed by atoms with E-state index in [1.807, 2.05) is 29.8 Å². The maximum atomic E-state index is 5.73. The monoisotopic (exact) mass is 314 g/mol. The van der Waals surface area contributed by atoms with Crippen LogP contribution in [0.5, 0.6) is 0 Å². The van der Waals surface area contributed by atoms with Crippen LogP contribution in [0.2, 0.25) is 0 Å². The van der Waals surface area contributed by atoms with Crippen molar-refractivity contribution in [3.05, 3.63) is 30.4 Å². The average molecular weight is 314 g/mol. The van der Waals surface area contributed by atoms with Crippen LogP contribution in [0, 0.1) is 0 Å². The summed E-state index contributed by atoms with van der Waals surface area (Å²) in [6.45, 7) is 1.27. The molecule has 0 bridgehead atoms. The number of fused-ring (bicyclic) bond motifs is 1. The maximum Gasteiger partial charge on any atom is 0.260 e. The first-order chi connectivity index (χ1) is 11.2. The van der Waals surface area contributed by atoms with Crippen molar-refractivity contribution in [3.8, 4) is 11.5 Å². The summed E-state index contributed by atoms with van der Waals surface area (Å²) in [7, 11) is 3.63. The number of hydrogen-bond acceptors (Lipinski definition) is 6. The second kappa shape index (κ2) is 5.43. The minimum atomic E-state index is -0.527. The van der Waals surface area contributed by atoms with Crippen molar-refractivity contribution in [2.24, 2.45) is 7.05 Å². The molecule has 3 aromatic rings. The lowest BCUT2D eigenvalue weighted by atomic mass is 9.93. The Hall–Kier alpha value is -2.25. The zero-order valence-electron chi connectivity index (χ0n) is 13.2. The molecule has 0 N–H and O–H groups in total. The third-order valence-electron chi connectivity index (χ3n) is 4.49. The summed E-state index contributed by atoms with van der Waals surface area (Å²) in [5.41, 5.74) is 2.22. The molecule has 120 valence electrons. The van der Waals surface area contributed by atoms with E-state index in [4.69, 9.17) is 14.0 Å². The number of aryl methyl sites for hydroxylation is 1. The van der Waals surface area contributed by atoms with Gasteiger partial charge in [-0.2, -0.15) is 4.98 Å². The van der Waals surface area contributed by atoms with Gasteiger partial charge in [0, 0.05) is 40.2 Å². The van der Waals surface area contributed by atoms with Crippen molar-refractivity contribution < 1.29 is 14.0 Å². The number of nitrogens with zero attached hydrogens (tertiary/aromatic N) is 4. The first kappa shape index (κ1) is 14.3. The smallest absolute Gasteiger partial charge is 0.260 e. The van der Waals surface area contributed by atoms with E-state index in [1.165, 1.54) is 0 Å². The van der Waals surface area contributed by atoms with E-state index in [0.717, 1.165) is 29.4 Å². The van der Waals surface area contributed by atoms with Gasteiger partial charge in [0.05, 0.1) is 22.9 Å². The molecule has 0 spiro atoms. The normalized spacial score (nSPS) is 17.7. The van der Waals surface area contributed by atoms with Crippen LogP contribution in [0.4, 0.5) is 0 Å².